The van der Waals surface area contributed by atoms with Crippen LogP contribution in [0, 0.1) is 0 Å². The molecule has 4 nitrogen and oxygen atoms in total. The van der Waals surface area contributed by atoms with Crippen molar-refractivity contribution in [3.8, 4) is 0 Å². The third-order valence-electron chi connectivity index (χ3n) is 0. The topological polar surface area (TPSA) is 140 Å². The van der Waals surface area contributed by atoms with Crippen LogP contribution in [-0.2, 0) is 12.9 Å². The van der Waals surface area contributed by atoms with Crippen LogP contribution in [0.15, 0.2) is 0 Å². The predicted octanol–water partition coefficient (Wildman–Crippen LogP) is 2.02. The van der Waals surface area contributed by atoms with Gasteiger partial charge >= 0.3 is 33.2 Å². The molecular formula is H12Cl2CoN4. The molecule has 0 aliphatic carbocycles. The SMILES string of the molecule is N.N.N.N.[Cl][Co][Cl]. The number of rotatable bonds is 0. The van der Waals surface area contributed by atoms with Crippen LogP contribution >= 0.6 is 20.3 Å². The third kappa shape index (κ3) is 196. The number of hydrogen-bond acceptors (Lipinski definition) is 4. The summed E-state index contributed by atoms with van der Waals surface area (Å²) >= 11 is 0.382. The molecule has 0 unspecified atom stereocenters. The van der Waals surface area contributed by atoms with Crippen molar-refractivity contribution in [2.24, 2.45) is 0 Å². The molecule has 0 aromatic rings. The van der Waals surface area contributed by atoms with Gasteiger partial charge in [-0.2, -0.15) is 0 Å². The second-order valence-electron chi connectivity index (χ2n) is 0.0476. The van der Waals surface area contributed by atoms with E-state index >= 15 is 0 Å². The van der Waals surface area contributed by atoms with Crippen LogP contribution in [0.5, 0.6) is 0 Å². The fourth-order valence-corrected chi connectivity index (χ4v) is 0. The summed E-state index contributed by atoms with van der Waals surface area (Å²) in [4.78, 5) is 0. The monoisotopic (exact) mass is 197 g/mol. The molecule has 55 valence electrons. The molecule has 7 heavy (non-hydrogen) atoms. The van der Waals surface area contributed by atoms with Crippen molar-refractivity contribution in [2.45, 2.75) is 0 Å². The van der Waals surface area contributed by atoms with Crippen LogP contribution in [0.2, 0.25) is 0 Å². The summed E-state index contributed by atoms with van der Waals surface area (Å²) < 4.78 is 0. The normalized spacial score (nSPS) is 3.14. The summed E-state index contributed by atoms with van der Waals surface area (Å²) in [5.41, 5.74) is 0. The Morgan fingerprint density at radius 3 is 0.714 bits per heavy atom. The van der Waals surface area contributed by atoms with Crippen LogP contribution in [-0.4, -0.2) is 0 Å². The molecule has 12 N–H and O–H groups in total. The third-order valence-corrected chi connectivity index (χ3v) is 0. The average molecular weight is 198 g/mol. The molecule has 0 bridgehead atoms. The molecule has 0 spiro atoms. The van der Waals surface area contributed by atoms with Gasteiger partial charge in [0.1, 0.15) is 0 Å². The van der Waals surface area contributed by atoms with E-state index < -0.39 is 0 Å². The molecule has 7 heteroatoms. The molecule has 0 aliphatic rings. The molecule has 0 atom stereocenters. The van der Waals surface area contributed by atoms with Crippen LogP contribution in [0.4, 0.5) is 0 Å². The summed E-state index contributed by atoms with van der Waals surface area (Å²) in [5.74, 6) is 0. The van der Waals surface area contributed by atoms with Gasteiger partial charge in [0, 0.05) is 0 Å². The molecule has 0 aromatic heterocycles. The van der Waals surface area contributed by atoms with E-state index in [4.69, 9.17) is 20.3 Å². The van der Waals surface area contributed by atoms with Crippen molar-refractivity contribution >= 4 is 20.3 Å². The zero-order chi connectivity index (χ0) is 2.71. The van der Waals surface area contributed by atoms with Crippen LogP contribution in [0.3, 0.4) is 0 Å². The summed E-state index contributed by atoms with van der Waals surface area (Å²) in [7, 11) is 9.47. The zero-order valence-corrected chi connectivity index (χ0v) is 6.47. The Morgan fingerprint density at radius 1 is 0.714 bits per heavy atom. The van der Waals surface area contributed by atoms with Gasteiger partial charge in [-0.15, -0.1) is 0 Å². The number of halogens is 2. The summed E-state index contributed by atoms with van der Waals surface area (Å²) in [6.45, 7) is 0. The second-order valence-corrected chi connectivity index (χ2v) is 1.77. The minimum absolute atomic E-state index is 0. The Hall–Kier alpha value is 0.926. The molecule has 0 heterocycles. The van der Waals surface area contributed by atoms with Crippen LogP contribution in [0.25, 0.3) is 0 Å². The first kappa shape index (κ1) is 44.4. The average Bonchev–Trinajstić information content (AvgIpc) is 0.918. The van der Waals surface area contributed by atoms with Crippen molar-refractivity contribution in [1.82, 2.24) is 24.6 Å². The van der Waals surface area contributed by atoms with Crippen molar-refractivity contribution < 1.29 is 12.9 Å². The Labute approximate surface area is 58.1 Å². The molecular weight excluding hydrogens is 186 g/mol. The predicted molar refractivity (Wildman–Crippen MR) is 31.8 cm³/mol. The Bertz CT molecular complexity index is 9.65. The molecule has 0 rings (SSSR count). The van der Waals surface area contributed by atoms with E-state index in [-0.39, 0.29) is 24.6 Å². The van der Waals surface area contributed by atoms with Crippen LogP contribution < -0.4 is 24.6 Å². The fraction of sp³-hybridized carbons (Fsp3) is 0. The maximum absolute atomic E-state index is 4.73. The van der Waals surface area contributed by atoms with E-state index in [0.717, 1.165) is 0 Å². The van der Waals surface area contributed by atoms with E-state index in [1.54, 1.807) is 0 Å². The van der Waals surface area contributed by atoms with Gasteiger partial charge in [0.25, 0.3) is 0 Å². The van der Waals surface area contributed by atoms with E-state index in [0.29, 0.717) is 12.9 Å². The second kappa shape index (κ2) is 65.6. The Balaban J connectivity index is -0.00000000333. The van der Waals surface area contributed by atoms with Crippen molar-refractivity contribution in [3.05, 3.63) is 0 Å². The zero-order valence-electron chi connectivity index (χ0n) is 3.92. The van der Waals surface area contributed by atoms with Gasteiger partial charge in [0.2, 0.25) is 0 Å². The van der Waals surface area contributed by atoms with Gasteiger partial charge in [0.05, 0.1) is 0 Å². The van der Waals surface area contributed by atoms with Gasteiger partial charge in [-0.1, -0.05) is 0 Å². The van der Waals surface area contributed by atoms with E-state index in [2.05, 4.69) is 0 Å². The first-order valence-electron chi connectivity index (χ1n) is 0.252. The van der Waals surface area contributed by atoms with Gasteiger partial charge < -0.3 is 24.6 Å². The van der Waals surface area contributed by atoms with Crippen molar-refractivity contribution in [3.63, 3.8) is 0 Å². The molecule has 0 aromatic carbocycles. The van der Waals surface area contributed by atoms with Gasteiger partial charge in [-0.05, 0) is 0 Å². The van der Waals surface area contributed by atoms with E-state index in [1.165, 1.54) is 0 Å². The molecule has 0 saturated carbocycles. The minimum atomic E-state index is 0. The first-order valence-corrected chi connectivity index (χ1v) is 3.12. The van der Waals surface area contributed by atoms with Gasteiger partial charge in [0.15, 0.2) is 0 Å². The molecule has 0 amide bonds. The quantitative estimate of drug-likeness (QED) is 0.472. The molecule has 0 radical (unpaired) electrons. The van der Waals surface area contributed by atoms with E-state index in [1.807, 2.05) is 0 Å². The Morgan fingerprint density at radius 2 is 0.714 bits per heavy atom. The molecule has 0 saturated heterocycles. The van der Waals surface area contributed by atoms with Crippen LogP contribution in [0.1, 0.15) is 0 Å². The molecule has 0 fully saturated rings. The maximum atomic E-state index is 4.73. The first-order chi connectivity index (χ1) is 1.41. The van der Waals surface area contributed by atoms with Gasteiger partial charge in [-0.3, -0.25) is 0 Å². The Kier molecular flexibility index (Phi) is 416. The molecule has 0 aliphatic heterocycles. The summed E-state index contributed by atoms with van der Waals surface area (Å²) in [6, 6.07) is 0. The van der Waals surface area contributed by atoms with Crippen molar-refractivity contribution in [1.29, 1.82) is 0 Å². The van der Waals surface area contributed by atoms with Crippen molar-refractivity contribution in [2.75, 3.05) is 0 Å². The summed E-state index contributed by atoms with van der Waals surface area (Å²) in [6.07, 6.45) is 0. The number of hydrogen-bond donors (Lipinski definition) is 4. The standard InChI is InChI=1S/2ClH.Co.4H3N/h2*1H;;4*1H3/q;;+2;;;;/p-2. The fourth-order valence-electron chi connectivity index (χ4n) is 0. The summed E-state index contributed by atoms with van der Waals surface area (Å²) in [5, 5.41) is 0. The van der Waals surface area contributed by atoms with Gasteiger partial charge in [-0.25, -0.2) is 0 Å². The van der Waals surface area contributed by atoms with E-state index in [9.17, 15) is 0 Å².